The van der Waals surface area contributed by atoms with Crippen molar-refractivity contribution < 1.29 is 4.79 Å². The second-order valence-corrected chi connectivity index (χ2v) is 5.93. The summed E-state index contributed by atoms with van der Waals surface area (Å²) in [6, 6.07) is 0. The van der Waals surface area contributed by atoms with E-state index in [2.05, 4.69) is 6.92 Å². The quantitative estimate of drug-likeness (QED) is 0.224. The number of unbranched alkanes of at least 4 members (excludes halogenated alkanes) is 12. The number of ketones is 1. The Labute approximate surface area is 149 Å². The van der Waals surface area contributed by atoms with Crippen molar-refractivity contribution in [1.29, 1.82) is 0 Å². The molecule has 1 nitrogen and oxygen atoms in total. The SMILES string of the molecule is CCCCCCCCCCCCCCCC(=O)CCl.Cl.Cl. The summed E-state index contributed by atoms with van der Waals surface area (Å²) in [4.78, 5) is 11.0. The lowest BCUT2D eigenvalue weighted by Crippen LogP contribution is -1.98. The van der Waals surface area contributed by atoms with Gasteiger partial charge in [0.1, 0.15) is 5.78 Å². The Hall–Kier alpha value is 0.540. The standard InChI is InChI=1S/C17H33ClO.2ClH/c1-2-3-4-5-6-7-8-9-10-11-12-13-14-15-17(19)16-18;;/h2-16H2,1H3;2*1H. The molecule has 0 saturated heterocycles. The predicted molar refractivity (Wildman–Crippen MR) is 101 cm³/mol. The summed E-state index contributed by atoms with van der Waals surface area (Å²) in [5.41, 5.74) is 0. The first-order valence-electron chi connectivity index (χ1n) is 8.39. The first-order valence-corrected chi connectivity index (χ1v) is 8.92. The predicted octanol–water partition coefficient (Wildman–Crippen LogP) is 7.12. The van der Waals surface area contributed by atoms with E-state index in [1.807, 2.05) is 0 Å². The fourth-order valence-corrected chi connectivity index (χ4v) is 2.54. The molecule has 130 valence electrons. The third-order valence-corrected chi connectivity index (χ3v) is 4.01. The van der Waals surface area contributed by atoms with Crippen LogP contribution in [0, 0.1) is 0 Å². The molecule has 0 aliphatic heterocycles. The number of rotatable bonds is 15. The van der Waals surface area contributed by atoms with Crippen molar-refractivity contribution in [3.05, 3.63) is 0 Å². The molecule has 0 rings (SSSR count). The molecule has 0 saturated carbocycles. The van der Waals surface area contributed by atoms with Crippen molar-refractivity contribution in [2.75, 3.05) is 5.88 Å². The van der Waals surface area contributed by atoms with Gasteiger partial charge in [0, 0.05) is 6.42 Å². The summed E-state index contributed by atoms with van der Waals surface area (Å²) >= 11 is 5.45. The van der Waals surface area contributed by atoms with E-state index >= 15 is 0 Å². The van der Waals surface area contributed by atoms with Crippen LogP contribution in [0.15, 0.2) is 0 Å². The summed E-state index contributed by atoms with van der Waals surface area (Å²) in [6.07, 6.45) is 18.2. The van der Waals surface area contributed by atoms with Crippen LogP contribution in [0.2, 0.25) is 0 Å². The van der Waals surface area contributed by atoms with Crippen LogP contribution in [-0.4, -0.2) is 11.7 Å². The smallest absolute Gasteiger partial charge is 0.147 e. The fraction of sp³-hybridized carbons (Fsp3) is 0.941. The minimum Gasteiger partial charge on any atom is -0.298 e. The average Bonchev–Trinajstić information content (AvgIpc) is 2.43. The Balaban J connectivity index is -0.00000162. The van der Waals surface area contributed by atoms with Gasteiger partial charge in [-0.15, -0.1) is 36.4 Å². The lowest BCUT2D eigenvalue weighted by Gasteiger charge is -2.02. The van der Waals surface area contributed by atoms with Gasteiger partial charge in [0.15, 0.2) is 0 Å². The Kier molecular flexibility index (Phi) is 28.7. The van der Waals surface area contributed by atoms with E-state index in [1.165, 1.54) is 77.0 Å². The molecule has 21 heavy (non-hydrogen) atoms. The van der Waals surface area contributed by atoms with Crippen LogP contribution in [0.5, 0.6) is 0 Å². The second-order valence-electron chi connectivity index (χ2n) is 5.66. The first kappa shape index (κ1) is 26.4. The maximum atomic E-state index is 11.0. The molecule has 0 unspecified atom stereocenters. The summed E-state index contributed by atoms with van der Waals surface area (Å²) in [7, 11) is 0. The number of alkyl halides is 1. The normalized spacial score (nSPS) is 9.81. The molecule has 0 bridgehead atoms. The van der Waals surface area contributed by atoms with Gasteiger partial charge < -0.3 is 0 Å². The summed E-state index contributed by atoms with van der Waals surface area (Å²) in [6.45, 7) is 2.27. The van der Waals surface area contributed by atoms with Crippen molar-refractivity contribution >= 4 is 42.2 Å². The largest absolute Gasteiger partial charge is 0.298 e. The summed E-state index contributed by atoms with van der Waals surface area (Å²) in [5.74, 6) is 0.392. The number of halogens is 3. The van der Waals surface area contributed by atoms with Gasteiger partial charge in [0.25, 0.3) is 0 Å². The molecule has 0 radical (unpaired) electrons. The molecular formula is C17H35Cl3O. The van der Waals surface area contributed by atoms with Crippen LogP contribution in [-0.2, 0) is 4.79 Å². The zero-order valence-corrected chi connectivity index (χ0v) is 16.1. The molecule has 0 N–H and O–H groups in total. The molecule has 0 spiro atoms. The zero-order valence-electron chi connectivity index (χ0n) is 13.7. The molecule has 0 aromatic carbocycles. The number of Topliss-reactive ketones (excluding diaryl/α,β-unsaturated/α-hetero) is 1. The van der Waals surface area contributed by atoms with Crippen molar-refractivity contribution in [2.45, 2.75) is 96.8 Å². The molecule has 4 heteroatoms. The van der Waals surface area contributed by atoms with Crippen molar-refractivity contribution in [1.82, 2.24) is 0 Å². The molecule has 0 aromatic rings. The van der Waals surface area contributed by atoms with Crippen molar-refractivity contribution in [2.24, 2.45) is 0 Å². The number of carbonyl (C=O) groups excluding carboxylic acids is 1. The van der Waals surface area contributed by atoms with Gasteiger partial charge >= 0.3 is 0 Å². The molecule has 0 fully saturated rings. The highest BCUT2D eigenvalue weighted by Crippen LogP contribution is 2.12. The average molecular weight is 362 g/mol. The van der Waals surface area contributed by atoms with Crippen LogP contribution in [0.3, 0.4) is 0 Å². The van der Waals surface area contributed by atoms with Gasteiger partial charge in [-0.2, -0.15) is 0 Å². The molecule has 0 aromatic heterocycles. The zero-order chi connectivity index (χ0) is 14.2. The monoisotopic (exact) mass is 360 g/mol. The van der Waals surface area contributed by atoms with Crippen molar-refractivity contribution in [3.63, 3.8) is 0 Å². The molecular weight excluding hydrogens is 327 g/mol. The minimum absolute atomic E-state index is 0. The summed E-state index contributed by atoms with van der Waals surface area (Å²) < 4.78 is 0. The van der Waals surface area contributed by atoms with Crippen LogP contribution in [0.25, 0.3) is 0 Å². The Morgan fingerprint density at radius 2 is 1.00 bits per heavy atom. The molecule has 0 atom stereocenters. The van der Waals surface area contributed by atoms with E-state index in [0.29, 0.717) is 6.42 Å². The maximum Gasteiger partial charge on any atom is 0.147 e. The topological polar surface area (TPSA) is 17.1 Å². The lowest BCUT2D eigenvalue weighted by molar-refractivity contribution is -0.116. The van der Waals surface area contributed by atoms with E-state index in [-0.39, 0.29) is 36.5 Å². The van der Waals surface area contributed by atoms with E-state index in [9.17, 15) is 4.79 Å². The highest BCUT2D eigenvalue weighted by molar-refractivity contribution is 6.27. The Morgan fingerprint density at radius 1 is 0.667 bits per heavy atom. The van der Waals surface area contributed by atoms with Gasteiger partial charge in [-0.3, -0.25) is 4.79 Å². The van der Waals surface area contributed by atoms with E-state index in [0.717, 1.165) is 6.42 Å². The van der Waals surface area contributed by atoms with Crippen LogP contribution in [0.1, 0.15) is 96.8 Å². The van der Waals surface area contributed by atoms with E-state index in [4.69, 9.17) is 11.6 Å². The fourth-order valence-electron chi connectivity index (χ4n) is 2.41. The minimum atomic E-state index is 0. The first-order chi connectivity index (χ1) is 9.31. The van der Waals surface area contributed by atoms with Gasteiger partial charge in [0.2, 0.25) is 0 Å². The van der Waals surface area contributed by atoms with Gasteiger partial charge in [0.05, 0.1) is 5.88 Å². The maximum absolute atomic E-state index is 11.0. The molecule has 0 heterocycles. The Bertz CT molecular complexity index is 198. The van der Waals surface area contributed by atoms with E-state index in [1.54, 1.807) is 0 Å². The van der Waals surface area contributed by atoms with Gasteiger partial charge in [-0.25, -0.2) is 0 Å². The summed E-state index contributed by atoms with van der Waals surface area (Å²) in [5, 5.41) is 0. The third-order valence-electron chi connectivity index (χ3n) is 3.71. The molecule has 0 amide bonds. The number of hydrogen-bond donors (Lipinski definition) is 0. The van der Waals surface area contributed by atoms with Gasteiger partial charge in [-0.05, 0) is 6.42 Å². The highest BCUT2D eigenvalue weighted by Gasteiger charge is 1.98. The molecule has 0 aliphatic rings. The van der Waals surface area contributed by atoms with Crippen LogP contribution in [0.4, 0.5) is 0 Å². The molecule has 0 aliphatic carbocycles. The van der Waals surface area contributed by atoms with Crippen molar-refractivity contribution in [3.8, 4) is 0 Å². The number of hydrogen-bond acceptors (Lipinski definition) is 1. The van der Waals surface area contributed by atoms with Crippen LogP contribution >= 0.6 is 36.4 Å². The van der Waals surface area contributed by atoms with Crippen LogP contribution < -0.4 is 0 Å². The number of carbonyl (C=O) groups is 1. The Morgan fingerprint density at radius 3 is 1.33 bits per heavy atom. The third kappa shape index (κ3) is 22.9. The van der Waals surface area contributed by atoms with E-state index < -0.39 is 0 Å². The second kappa shape index (κ2) is 22.8. The lowest BCUT2D eigenvalue weighted by atomic mass is 10.0. The highest BCUT2D eigenvalue weighted by atomic mass is 35.5. The van der Waals surface area contributed by atoms with Gasteiger partial charge in [-0.1, -0.05) is 84.0 Å².